The molecule has 20 heavy (non-hydrogen) atoms. The normalized spacial score (nSPS) is 28.6. The number of rotatable bonds is 3. The third kappa shape index (κ3) is 1.81. The minimum atomic E-state index is 0.656. The van der Waals surface area contributed by atoms with Crippen molar-refractivity contribution in [2.24, 2.45) is 11.8 Å². The first-order chi connectivity index (χ1) is 9.78. The van der Waals surface area contributed by atoms with Crippen molar-refractivity contribution in [1.82, 2.24) is 9.55 Å². The summed E-state index contributed by atoms with van der Waals surface area (Å²) in [4.78, 5) is 4.87. The summed E-state index contributed by atoms with van der Waals surface area (Å²) in [6, 6.07) is 7.13. The minimum absolute atomic E-state index is 0.656. The van der Waals surface area contributed by atoms with E-state index in [0.29, 0.717) is 11.9 Å². The van der Waals surface area contributed by atoms with Gasteiger partial charge in [-0.2, -0.15) is 0 Å². The van der Waals surface area contributed by atoms with Crippen LogP contribution in [0.3, 0.4) is 0 Å². The van der Waals surface area contributed by atoms with Crippen molar-refractivity contribution in [2.45, 2.75) is 45.1 Å². The molecule has 3 heteroatoms. The van der Waals surface area contributed by atoms with Gasteiger partial charge in [-0.15, -0.1) is 11.6 Å². The maximum atomic E-state index is 6.01. The topological polar surface area (TPSA) is 17.8 Å². The van der Waals surface area contributed by atoms with Gasteiger partial charge in [0.2, 0.25) is 0 Å². The van der Waals surface area contributed by atoms with Gasteiger partial charge in [0.15, 0.2) is 0 Å². The second kappa shape index (κ2) is 4.77. The van der Waals surface area contributed by atoms with E-state index in [1.54, 1.807) is 0 Å². The molecule has 2 aromatic rings. The number of para-hydroxylation sites is 1. The lowest BCUT2D eigenvalue weighted by Gasteiger charge is -2.26. The molecule has 0 aliphatic heterocycles. The molecule has 0 saturated heterocycles. The number of nitrogens with zero attached hydrogens (tertiary/aromatic N) is 2. The highest BCUT2D eigenvalue weighted by atomic mass is 35.5. The number of alkyl halides is 1. The van der Waals surface area contributed by atoms with Gasteiger partial charge in [-0.3, -0.25) is 0 Å². The number of aryl methyl sites for hydroxylation is 2. The molecule has 2 fully saturated rings. The second-order valence-corrected chi connectivity index (χ2v) is 6.90. The standard InChI is InChI=1S/C17H21ClN2/c1-11-3-2-4-14-17(11)20(16(19-14)7-8-18)15-10-12-5-6-13(15)9-12/h2-4,12-13,15H,5-10H2,1H3. The van der Waals surface area contributed by atoms with Crippen LogP contribution >= 0.6 is 11.6 Å². The Hall–Kier alpha value is -1.02. The summed E-state index contributed by atoms with van der Waals surface area (Å²) < 4.78 is 2.55. The van der Waals surface area contributed by atoms with Crippen LogP contribution in [-0.2, 0) is 6.42 Å². The average Bonchev–Trinajstić information content (AvgIpc) is 3.11. The predicted octanol–water partition coefficient (Wildman–Crippen LogP) is 4.49. The van der Waals surface area contributed by atoms with Crippen LogP contribution in [0.4, 0.5) is 0 Å². The fourth-order valence-corrected chi connectivity index (χ4v) is 4.68. The quantitative estimate of drug-likeness (QED) is 0.761. The number of hydrogen-bond donors (Lipinski definition) is 0. The van der Waals surface area contributed by atoms with Crippen molar-refractivity contribution >= 4 is 22.6 Å². The van der Waals surface area contributed by atoms with Gasteiger partial charge in [-0.25, -0.2) is 4.98 Å². The molecule has 106 valence electrons. The van der Waals surface area contributed by atoms with Crippen LogP contribution in [0.15, 0.2) is 18.2 Å². The Balaban J connectivity index is 1.89. The highest BCUT2D eigenvalue weighted by Gasteiger charge is 2.41. The van der Waals surface area contributed by atoms with E-state index in [1.807, 2.05) is 0 Å². The van der Waals surface area contributed by atoms with E-state index in [-0.39, 0.29) is 0 Å². The van der Waals surface area contributed by atoms with E-state index in [9.17, 15) is 0 Å². The van der Waals surface area contributed by atoms with E-state index in [2.05, 4.69) is 29.7 Å². The van der Waals surface area contributed by atoms with Gasteiger partial charge in [-0.1, -0.05) is 18.6 Å². The summed E-state index contributed by atoms with van der Waals surface area (Å²) in [6.07, 6.45) is 6.50. The van der Waals surface area contributed by atoms with Gasteiger partial charge in [0.25, 0.3) is 0 Å². The van der Waals surface area contributed by atoms with Gasteiger partial charge in [-0.05, 0) is 49.7 Å². The zero-order chi connectivity index (χ0) is 13.7. The van der Waals surface area contributed by atoms with Crippen LogP contribution in [-0.4, -0.2) is 15.4 Å². The molecule has 1 heterocycles. The molecule has 2 aliphatic carbocycles. The molecule has 0 spiro atoms. The lowest BCUT2D eigenvalue weighted by atomic mass is 9.94. The SMILES string of the molecule is Cc1cccc2nc(CCCl)n(C3CC4CCC3C4)c12. The largest absolute Gasteiger partial charge is 0.324 e. The van der Waals surface area contributed by atoms with Gasteiger partial charge in [0.1, 0.15) is 5.82 Å². The molecule has 0 N–H and O–H groups in total. The van der Waals surface area contributed by atoms with Crippen LogP contribution in [0.25, 0.3) is 11.0 Å². The Bertz CT molecular complexity index is 646. The highest BCUT2D eigenvalue weighted by Crippen LogP contribution is 2.51. The Morgan fingerprint density at radius 1 is 1.30 bits per heavy atom. The van der Waals surface area contributed by atoms with Crippen LogP contribution in [0, 0.1) is 18.8 Å². The fourth-order valence-electron chi connectivity index (χ4n) is 4.51. The Kier molecular flexibility index (Phi) is 3.03. The first-order valence-corrected chi connectivity index (χ1v) is 8.33. The maximum Gasteiger partial charge on any atom is 0.111 e. The molecule has 3 atom stereocenters. The Labute approximate surface area is 125 Å². The minimum Gasteiger partial charge on any atom is -0.324 e. The van der Waals surface area contributed by atoms with Crippen molar-refractivity contribution < 1.29 is 0 Å². The van der Waals surface area contributed by atoms with Crippen molar-refractivity contribution in [3.05, 3.63) is 29.6 Å². The number of hydrogen-bond acceptors (Lipinski definition) is 1. The molecule has 2 nitrogen and oxygen atoms in total. The average molecular weight is 289 g/mol. The number of aromatic nitrogens is 2. The smallest absolute Gasteiger partial charge is 0.111 e. The number of benzene rings is 1. The summed E-state index contributed by atoms with van der Waals surface area (Å²) in [5.74, 6) is 3.67. The Morgan fingerprint density at radius 2 is 2.20 bits per heavy atom. The highest BCUT2D eigenvalue weighted by molar-refractivity contribution is 6.17. The maximum absolute atomic E-state index is 6.01. The van der Waals surface area contributed by atoms with E-state index in [0.717, 1.165) is 23.8 Å². The van der Waals surface area contributed by atoms with Crippen LogP contribution in [0.2, 0.25) is 0 Å². The number of halogens is 1. The van der Waals surface area contributed by atoms with Crippen LogP contribution in [0.1, 0.15) is 43.1 Å². The fraction of sp³-hybridized carbons (Fsp3) is 0.588. The molecule has 2 aliphatic rings. The molecule has 3 unspecified atom stereocenters. The molecule has 0 radical (unpaired) electrons. The zero-order valence-corrected chi connectivity index (χ0v) is 12.7. The van der Waals surface area contributed by atoms with E-state index in [1.165, 1.54) is 42.6 Å². The summed E-state index contributed by atoms with van der Waals surface area (Å²) in [5, 5.41) is 0. The van der Waals surface area contributed by atoms with E-state index < -0.39 is 0 Å². The first-order valence-electron chi connectivity index (χ1n) is 7.80. The first kappa shape index (κ1) is 12.7. The third-order valence-corrected chi connectivity index (χ3v) is 5.52. The lowest BCUT2D eigenvalue weighted by molar-refractivity contribution is 0.329. The second-order valence-electron chi connectivity index (χ2n) is 6.52. The van der Waals surface area contributed by atoms with Crippen molar-refractivity contribution in [3.63, 3.8) is 0 Å². The van der Waals surface area contributed by atoms with Crippen molar-refractivity contribution in [2.75, 3.05) is 5.88 Å². The summed E-state index contributed by atoms with van der Waals surface area (Å²) in [6.45, 7) is 2.21. The van der Waals surface area contributed by atoms with Crippen molar-refractivity contribution in [3.8, 4) is 0 Å². The zero-order valence-electron chi connectivity index (χ0n) is 12.0. The van der Waals surface area contributed by atoms with Gasteiger partial charge in [0, 0.05) is 18.3 Å². The summed E-state index contributed by atoms with van der Waals surface area (Å²) in [5.41, 5.74) is 3.84. The molecule has 0 amide bonds. The van der Waals surface area contributed by atoms with Crippen molar-refractivity contribution in [1.29, 1.82) is 0 Å². The monoisotopic (exact) mass is 288 g/mol. The summed E-state index contributed by atoms with van der Waals surface area (Å²) in [7, 11) is 0. The Morgan fingerprint density at radius 3 is 2.90 bits per heavy atom. The molecule has 1 aromatic heterocycles. The van der Waals surface area contributed by atoms with Crippen LogP contribution in [0.5, 0.6) is 0 Å². The molecule has 2 saturated carbocycles. The van der Waals surface area contributed by atoms with Gasteiger partial charge < -0.3 is 4.57 Å². The lowest BCUT2D eigenvalue weighted by Crippen LogP contribution is -2.19. The predicted molar refractivity (Wildman–Crippen MR) is 83.4 cm³/mol. The van der Waals surface area contributed by atoms with Gasteiger partial charge >= 0.3 is 0 Å². The molecule has 1 aromatic carbocycles. The van der Waals surface area contributed by atoms with E-state index in [4.69, 9.17) is 16.6 Å². The van der Waals surface area contributed by atoms with Gasteiger partial charge in [0.05, 0.1) is 11.0 Å². The molecular formula is C17H21ClN2. The van der Waals surface area contributed by atoms with E-state index >= 15 is 0 Å². The number of fused-ring (bicyclic) bond motifs is 3. The van der Waals surface area contributed by atoms with Crippen LogP contribution < -0.4 is 0 Å². The molecule has 2 bridgehead atoms. The molecular weight excluding hydrogens is 268 g/mol. The summed E-state index contributed by atoms with van der Waals surface area (Å²) >= 11 is 6.01. The molecule has 4 rings (SSSR count). The number of imidazole rings is 1. The third-order valence-electron chi connectivity index (χ3n) is 5.34.